The molecule has 0 amide bonds. The molecule has 94 valence electrons. The molecule has 1 heterocycles. The lowest BCUT2D eigenvalue weighted by atomic mass is 9.86. The highest BCUT2D eigenvalue weighted by atomic mass is 16.5. The van der Waals surface area contributed by atoms with Gasteiger partial charge >= 0.3 is 0 Å². The first-order valence-corrected chi connectivity index (χ1v) is 6.61. The smallest absolute Gasteiger partial charge is 0.0619 e. The Hall–Kier alpha value is -0.860. The number of benzene rings is 1. The van der Waals surface area contributed by atoms with Gasteiger partial charge in [0.15, 0.2) is 0 Å². The van der Waals surface area contributed by atoms with Crippen LogP contribution < -0.4 is 5.32 Å². The van der Waals surface area contributed by atoms with Gasteiger partial charge < -0.3 is 10.1 Å². The molecule has 1 aliphatic rings. The molecule has 2 rings (SSSR count). The molecule has 0 saturated carbocycles. The lowest BCUT2D eigenvalue weighted by molar-refractivity contribution is 0.0782. The number of nitrogens with one attached hydrogen (secondary N) is 1. The van der Waals surface area contributed by atoms with E-state index in [1.54, 1.807) is 0 Å². The Morgan fingerprint density at radius 1 is 1.35 bits per heavy atom. The lowest BCUT2D eigenvalue weighted by Crippen LogP contribution is -2.30. The average Bonchev–Trinajstić information content (AvgIpc) is 2.81. The number of ether oxygens (including phenoxy) is 1. The van der Waals surface area contributed by atoms with E-state index in [-0.39, 0.29) is 0 Å². The minimum atomic E-state index is 0.411. The number of aryl methyl sites for hydroxylation is 1. The number of hydrogen-bond donors (Lipinski definition) is 1. The summed E-state index contributed by atoms with van der Waals surface area (Å²) in [4.78, 5) is 0. The normalized spacial score (nSPS) is 26.1. The molecular weight excluding hydrogens is 210 g/mol. The van der Waals surface area contributed by atoms with E-state index in [4.69, 9.17) is 4.74 Å². The largest absolute Gasteiger partial charge is 0.378 e. The number of rotatable bonds is 4. The van der Waals surface area contributed by atoms with Crippen molar-refractivity contribution in [3.05, 3.63) is 35.4 Å². The Morgan fingerprint density at radius 3 is 2.65 bits per heavy atom. The van der Waals surface area contributed by atoms with E-state index < -0.39 is 0 Å². The van der Waals surface area contributed by atoms with Gasteiger partial charge in [-0.25, -0.2) is 0 Å². The lowest BCUT2D eigenvalue weighted by Gasteiger charge is -2.27. The van der Waals surface area contributed by atoms with Crippen LogP contribution in [0.15, 0.2) is 24.3 Å². The van der Waals surface area contributed by atoms with E-state index in [1.807, 2.05) is 0 Å². The van der Waals surface area contributed by atoms with Gasteiger partial charge in [0.05, 0.1) is 6.10 Å². The molecule has 2 nitrogen and oxygen atoms in total. The third-order valence-corrected chi connectivity index (χ3v) is 3.84. The van der Waals surface area contributed by atoms with Crippen LogP contribution in [0.1, 0.15) is 36.9 Å². The van der Waals surface area contributed by atoms with Crippen molar-refractivity contribution in [1.29, 1.82) is 0 Å². The van der Waals surface area contributed by atoms with Crippen molar-refractivity contribution in [3.63, 3.8) is 0 Å². The van der Waals surface area contributed by atoms with Crippen molar-refractivity contribution in [2.75, 3.05) is 13.7 Å². The molecule has 1 aromatic carbocycles. The van der Waals surface area contributed by atoms with Gasteiger partial charge in [-0.3, -0.25) is 0 Å². The Bertz CT molecular complexity index is 346. The van der Waals surface area contributed by atoms with Gasteiger partial charge in [0.2, 0.25) is 0 Å². The highest BCUT2D eigenvalue weighted by Gasteiger charge is 2.33. The first-order chi connectivity index (χ1) is 8.26. The summed E-state index contributed by atoms with van der Waals surface area (Å²) >= 11 is 0. The van der Waals surface area contributed by atoms with Crippen molar-refractivity contribution in [2.24, 2.45) is 5.92 Å². The van der Waals surface area contributed by atoms with E-state index in [2.05, 4.69) is 50.5 Å². The van der Waals surface area contributed by atoms with Gasteiger partial charge in [-0.2, -0.15) is 0 Å². The Labute approximate surface area is 104 Å². The third kappa shape index (κ3) is 2.70. The quantitative estimate of drug-likeness (QED) is 0.863. The van der Waals surface area contributed by atoms with Gasteiger partial charge in [-0.15, -0.1) is 0 Å². The molecule has 1 saturated heterocycles. The molecule has 2 heteroatoms. The Morgan fingerprint density at radius 2 is 2.06 bits per heavy atom. The second-order valence-electron chi connectivity index (χ2n) is 4.95. The summed E-state index contributed by atoms with van der Waals surface area (Å²) in [5, 5.41) is 3.46. The molecule has 1 fully saturated rings. The van der Waals surface area contributed by atoms with E-state index in [0.29, 0.717) is 18.1 Å². The zero-order valence-electron chi connectivity index (χ0n) is 11.1. The standard InChI is InChI=1S/C15H23NO/c1-4-14-13(9-10-17-14)15(16-3)12-7-5-11(2)6-8-12/h5-8,13-16H,4,9-10H2,1-3H3. The highest BCUT2D eigenvalue weighted by Crippen LogP contribution is 2.34. The van der Waals surface area contributed by atoms with Gasteiger partial charge in [0.1, 0.15) is 0 Å². The van der Waals surface area contributed by atoms with Crippen molar-refractivity contribution >= 4 is 0 Å². The maximum absolute atomic E-state index is 5.80. The van der Waals surface area contributed by atoms with Gasteiger partial charge in [0.25, 0.3) is 0 Å². The second-order valence-corrected chi connectivity index (χ2v) is 4.95. The topological polar surface area (TPSA) is 21.3 Å². The highest BCUT2D eigenvalue weighted by molar-refractivity contribution is 5.25. The maximum Gasteiger partial charge on any atom is 0.0619 e. The van der Waals surface area contributed by atoms with Crippen LogP contribution >= 0.6 is 0 Å². The molecule has 0 bridgehead atoms. The van der Waals surface area contributed by atoms with Gasteiger partial charge in [-0.05, 0) is 32.4 Å². The molecule has 0 aliphatic carbocycles. The predicted molar refractivity (Wildman–Crippen MR) is 71.1 cm³/mol. The fraction of sp³-hybridized carbons (Fsp3) is 0.600. The van der Waals surface area contributed by atoms with Crippen molar-refractivity contribution in [1.82, 2.24) is 5.32 Å². The molecule has 3 atom stereocenters. The fourth-order valence-electron chi connectivity index (χ4n) is 2.87. The zero-order chi connectivity index (χ0) is 12.3. The summed E-state index contributed by atoms with van der Waals surface area (Å²) < 4.78 is 5.80. The monoisotopic (exact) mass is 233 g/mol. The van der Waals surface area contributed by atoms with E-state index >= 15 is 0 Å². The molecule has 1 N–H and O–H groups in total. The minimum Gasteiger partial charge on any atom is -0.378 e. The molecule has 17 heavy (non-hydrogen) atoms. The van der Waals surface area contributed by atoms with Crippen LogP contribution in [0.2, 0.25) is 0 Å². The van der Waals surface area contributed by atoms with Crippen LogP contribution in [-0.2, 0) is 4.74 Å². The first kappa shape index (κ1) is 12.6. The second kappa shape index (κ2) is 5.65. The molecule has 1 aliphatic heterocycles. The van der Waals surface area contributed by atoms with E-state index in [1.165, 1.54) is 11.1 Å². The fourth-order valence-corrected chi connectivity index (χ4v) is 2.87. The molecule has 3 unspecified atom stereocenters. The maximum atomic E-state index is 5.80. The first-order valence-electron chi connectivity index (χ1n) is 6.61. The van der Waals surface area contributed by atoms with Crippen LogP contribution in [0.25, 0.3) is 0 Å². The summed E-state index contributed by atoms with van der Waals surface area (Å²) in [5.41, 5.74) is 2.70. The van der Waals surface area contributed by atoms with Crippen LogP contribution in [-0.4, -0.2) is 19.8 Å². The van der Waals surface area contributed by atoms with Gasteiger partial charge in [-0.1, -0.05) is 36.8 Å². The van der Waals surface area contributed by atoms with Crippen LogP contribution in [0, 0.1) is 12.8 Å². The summed E-state index contributed by atoms with van der Waals surface area (Å²) in [6, 6.07) is 9.28. The molecular formula is C15H23NO. The van der Waals surface area contributed by atoms with Crippen molar-refractivity contribution in [3.8, 4) is 0 Å². The van der Waals surface area contributed by atoms with Crippen LogP contribution in [0.3, 0.4) is 0 Å². The van der Waals surface area contributed by atoms with E-state index in [0.717, 1.165) is 19.4 Å². The summed E-state index contributed by atoms with van der Waals surface area (Å²) in [5.74, 6) is 0.604. The Kier molecular flexibility index (Phi) is 4.19. The third-order valence-electron chi connectivity index (χ3n) is 3.84. The van der Waals surface area contributed by atoms with Crippen molar-refractivity contribution < 1.29 is 4.74 Å². The summed E-state index contributed by atoms with van der Waals surface area (Å²) in [7, 11) is 2.05. The Balaban J connectivity index is 2.18. The number of hydrogen-bond acceptors (Lipinski definition) is 2. The van der Waals surface area contributed by atoms with E-state index in [9.17, 15) is 0 Å². The average molecular weight is 233 g/mol. The zero-order valence-corrected chi connectivity index (χ0v) is 11.1. The van der Waals surface area contributed by atoms with Gasteiger partial charge in [0, 0.05) is 18.6 Å². The summed E-state index contributed by atoms with van der Waals surface area (Å²) in [6.45, 7) is 5.25. The van der Waals surface area contributed by atoms with Crippen LogP contribution in [0.4, 0.5) is 0 Å². The molecule has 0 aromatic heterocycles. The molecule has 0 spiro atoms. The van der Waals surface area contributed by atoms with Crippen LogP contribution in [0.5, 0.6) is 0 Å². The van der Waals surface area contributed by atoms with Crippen molar-refractivity contribution in [2.45, 2.75) is 38.8 Å². The predicted octanol–water partition coefficient (Wildman–Crippen LogP) is 3.07. The molecule has 1 aromatic rings. The summed E-state index contributed by atoms with van der Waals surface area (Å²) in [6.07, 6.45) is 2.68. The molecule has 0 radical (unpaired) electrons. The minimum absolute atomic E-state index is 0.411. The SMILES string of the molecule is CCC1OCCC1C(NC)c1ccc(C)cc1.